The minimum atomic E-state index is -0.323. The molecule has 0 radical (unpaired) electrons. The number of aliphatic hydroxyl groups excluding tert-OH is 2. The third kappa shape index (κ3) is 6.73. The number of halogens is 1. The second-order valence-electron chi connectivity index (χ2n) is 2.53. The van der Waals surface area contributed by atoms with E-state index in [-0.39, 0.29) is 12.2 Å². The van der Waals surface area contributed by atoms with Gasteiger partial charge in [-0.1, -0.05) is 0 Å². The van der Waals surface area contributed by atoms with Gasteiger partial charge in [0.1, 0.15) is 0 Å². The van der Waals surface area contributed by atoms with E-state index in [0.29, 0.717) is 13.1 Å². The zero-order chi connectivity index (χ0) is 8.15. The van der Waals surface area contributed by atoms with E-state index >= 15 is 0 Å². The third-order valence-corrected chi connectivity index (χ3v) is 1.71. The lowest BCUT2D eigenvalue weighted by Gasteiger charge is -2.16. The molecule has 3 nitrogen and oxygen atoms in total. The molecule has 0 aromatic carbocycles. The largest absolute Gasteiger partial charge is 0.392 e. The highest BCUT2D eigenvalue weighted by molar-refractivity contribution is 14.1. The van der Waals surface area contributed by atoms with Crippen molar-refractivity contribution in [3.8, 4) is 0 Å². The summed E-state index contributed by atoms with van der Waals surface area (Å²) in [5, 5.41) is 17.8. The topological polar surface area (TPSA) is 43.7 Å². The van der Waals surface area contributed by atoms with Gasteiger partial charge >= 0.3 is 0 Å². The van der Waals surface area contributed by atoms with Crippen molar-refractivity contribution in [2.24, 2.45) is 0 Å². The van der Waals surface area contributed by atoms with Crippen LogP contribution >= 0.6 is 22.9 Å². The first-order valence-corrected chi connectivity index (χ1v) is 4.25. The SMILES string of the molecule is CC(O)CN(I)CC(C)O. The van der Waals surface area contributed by atoms with Crippen molar-refractivity contribution < 1.29 is 10.2 Å². The quantitative estimate of drug-likeness (QED) is 0.567. The van der Waals surface area contributed by atoms with E-state index in [1.165, 1.54) is 0 Å². The molecule has 0 spiro atoms. The van der Waals surface area contributed by atoms with Crippen molar-refractivity contribution in [1.82, 2.24) is 3.11 Å². The fourth-order valence-electron chi connectivity index (χ4n) is 0.648. The summed E-state index contributed by atoms with van der Waals surface area (Å²) >= 11 is 2.09. The molecular weight excluding hydrogens is 245 g/mol. The van der Waals surface area contributed by atoms with Crippen LogP contribution in [0.15, 0.2) is 0 Å². The Kier molecular flexibility index (Phi) is 5.61. The Morgan fingerprint density at radius 1 is 1.20 bits per heavy atom. The van der Waals surface area contributed by atoms with Crippen molar-refractivity contribution in [3.63, 3.8) is 0 Å². The highest BCUT2D eigenvalue weighted by Crippen LogP contribution is 2.01. The van der Waals surface area contributed by atoms with Crippen molar-refractivity contribution >= 4 is 22.9 Å². The van der Waals surface area contributed by atoms with Crippen LogP contribution in [0.4, 0.5) is 0 Å². The van der Waals surface area contributed by atoms with Gasteiger partial charge in [-0.25, -0.2) is 3.11 Å². The molecule has 2 N–H and O–H groups in total. The maximum absolute atomic E-state index is 8.91. The van der Waals surface area contributed by atoms with Crippen LogP contribution in [0.1, 0.15) is 13.8 Å². The Morgan fingerprint density at radius 2 is 1.50 bits per heavy atom. The first-order valence-electron chi connectivity index (χ1n) is 3.29. The van der Waals surface area contributed by atoms with Crippen molar-refractivity contribution in [1.29, 1.82) is 0 Å². The summed E-state index contributed by atoms with van der Waals surface area (Å²) in [5.41, 5.74) is 0. The van der Waals surface area contributed by atoms with Crippen LogP contribution in [0.2, 0.25) is 0 Å². The van der Waals surface area contributed by atoms with Crippen molar-refractivity contribution in [3.05, 3.63) is 0 Å². The van der Waals surface area contributed by atoms with E-state index in [4.69, 9.17) is 10.2 Å². The molecule has 0 rings (SSSR count). The molecule has 0 heterocycles. The number of rotatable bonds is 4. The number of nitrogens with zero attached hydrogens (tertiary/aromatic N) is 1. The predicted octanol–water partition coefficient (Wildman–Crippen LogP) is 0.400. The van der Waals surface area contributed by atoms with Crippen LogP contribution in [0.5, 0.6) is 0 Å². The van der Waals surface area contributed by atoms with Gasteiger partial charge in [-0.3, -0.25) is 0 Å². The summed E-state index contributed by atoms with van der Waals surface area (Å²) in [6.07, 6.45) is -0.647. The number of hydrogen-bond acceptors (Lipinski definition) is 3. The monoisotopic (exact) mass is 259 g/mol. The molecule has 2 unspecified atom stereocenters. The molecule has 0 aromatic rings. The summed E-state index contributed by atoms with van der Waals surface area (Å²) < 4.78 is 1.87. The second kappa shape index (κ2) is 5.29. The highest BCUT2D eigenvalue weighted by Gasteiger charge is 2.06. The summed E-state index contributed by atoms with van der Waals surface area (Å²) in [6.45, 7) is 4.67. The lowest BCUT2D eigenvalue weighted by atomic mass is 10.3. The Bertz CT molecular complexity index is 77.8. The van der Waals surface area contributed by atoms with E-state index in [1.54, 1.807) is 13.8 Å². The molecule has 0 aliphatic heterocycles. The molecule has 0 fully saturated rings. The van der Waals surface area contributed by atoms with Gasteiger partial charge in [-0.05, 0) is 13.8 Å². The average molecular weight is 259 g/mol. The van der Waals surface area contributed by atoms with E-state index < -0.39 is 0 Å². The summed E-state index contributed by atoms with van der Waals surface area (Å²) in [5.74, 6) is 0. The van der Waals surface area contributed by atoms with E-state index in [1.807, 2.05) is 3.11 Å². The minimum absolute atomic E-state index is 0.323. The number of hydrogen-bond donors (Lipinski definition) is 2. The predicted molar refractivity (Wildman–Crippen MR) is 49.0 cm³/mol. The maximum Gasteiger partial charge on any atom is 0.0647 e. The second-order valence-corrected chi connectivity index (χ2v) is 3.89. The highest BCUT2D eigenvalue weighted by atomic mass is 127. The smallest absolute Gasteiger partial charge is 0.0647 e. The van der Waals surface area contributed by atoms with Gasteiger partial charge in [0.2, 0.25) is 0 Å². The lowest BCUT2D eigenvalue weighted by molar-refractivity contribution is 0.137. The van der Waals surface area contributed by atoms with Crippen LogP contribution < -0.4 is 0 Å². The number of aliphatic hydroxyl groups is 2. The molecule has 0 saturated carbocycles. The Morgan fingerprint density at radius 3 is 1.70 bits per heavy atom. The molecule has 4 heteroatoms. The normalized spacial score (nSPS) is 17.4. The Hall–Kier alpha value is 0.610. The molecular formula is C6H14INO2. The van der Waals surface area contributed by atoms with Gasteiger partial charge in [0.05, 0.1) is 12.2 Å². The van der Waals surface area contributed by atoms with Crippen molar-refractivity contribution in [2.75, 3.05) is 13.1 Å². The third-order valence-electron chi connectivity index (χ3n) is 0.925. The van der Waals surface area contributed by atoms with Crippen molar-refractivity contribution in [2.45, 2.75) is 26.1 Å². The molecule has 0 amide bonds. The van der Waals surface area contributed by atoms with Crippen LogP contribution in [0.25, 0.3) is 0 Å². The van der Waals surface area contributed by atoms with Gasteiger partial charge in [-0.15, -0.1) is 0 Å². The first-order chi connectivity index (χ1) is 4.52. The zero-order valence-electron chi connectivity index (χ0n) is 6.29. The fraction of sp³-hybridized carbons (Fsp3) is 1.00. The molecule has 2 atom stereocenters. The fourth-order valence-corrected chi connectivity index (χ4v) is 1.79. The lowest BCUT2D eigenvalue weighted by Crippen LogP contribution is -2.28. The first kappa shape index (κ1) is 10.6. The van der Waals surface area contributed by atoms with Crippen LogP contribution in [-0.2, 0) is 0 Å². The molecule has 0 aliphatic rings. The van der Waals surface area contributed by atoms with Gasteiger partial charge in [-0.2, -0.15) is 0 Å². The van der Waals surface area contributed by atoms with Gasteiger partial charge < -0.3 is 10.2 Å². The molecule has 0 aromatic heterocycles. The standard InChI is InChI=1S/C6H14INO2/c1-5(9)3-8(7)4-6(2)10/h5-6,9-10H,3-4H2,1-2H3. The molecule has 0 aliphatic carbocycles. The van der Waals surface area contributed by atoms with Gasteiger partial charge in [0.15, 0.2) is 0 Å². The van der Waals surface area contributed by atoms with E-state index in [0.717, 1.165) is 0 Å². The minimum Gasteiger partial charge on any atom is -0.392 e. The molecule has 10 heavy (non-hydrogen) atoms. The summed E-state index contributed by atoms with van der Waals surface area (Å²) in [4.78, 5) is 0. The Balaban J connectivity index is 3.34. The van der Waals surface area contributed by atoms with Gasteiger partial charge in [0.25, 0.3) is 0 Å². The van der Waals surface area contributed by atoms with Crippen LogP contribution in [-0.4, -0.2) is 38.6 Å². The average Bonchev–Trinajstić information content (AvgIpc) is 1.58. The maximum atomic E-state index is 8.91. The van der Waals surface area contributed by atoms with Crippen LogP contribution in [0.3, 0.4) is 0 Å². The van der Waals surface area contributed by atoms with Crippen LogP contribution in [0, 0.1) is 0 Å². The van der Waals surface area contributed by atoms with E-state index in [9.17, 15) is 0 Å². The summed E-state index contributed by atoms with van der Waals surface area (Å²) in [6, 6.07) is 0. The molecule has 0 bridgehead atoms. The van der Waals surface area contributed by atoms with E-state index in [2.05, 4.69) is 22.9 Å². The molecule has 62 valence electrons. The van der Waals surface area contributed by atoms with Gasteiger partial charge in [0, 0.05) is 36.0 Å². The summed E-state index contributed by atoms with van der Waals surface area (Å²) in [7, 11) is 0. The zero-order valence-corrected chi connectivity index (χ0v) is 8.45. The molecule has 0 saturated heterocycles. The Labute approximate surface area is 75.5 Å².